The van der Waals surface area contributed by atoms with E-state index < -0.39 is 0 Å². The zero-order valence-electron chi connectivity index (χ0n) is 34.1. The van der Waals surface area contributed by atoms with Gasteiger partial charge >= 0.3 is 0 Å². The lowest BCUT2D eigenvalue weighted by Gasteiger charge is -2.15. The molecule has 0 amide bonds. The highest BCUT2D eigenvalue weighted by Gasteiger charge is 2.18. The van der Waals surface area contributed by atoms with Gasteiger partial charge in [-0.05, 0) is 58.1 Å². The molecule has 0 bridgehead atoms. The fourth-order valence-corrected chi connectivity index (χ4v) is 9.04. The van der Waals surface area contributed by atoms with Gasteiger partial charge in [-0.1, -0.05) is 194 Å². The average Bonchev–Trinajstić information content (AvgIpc) is 3.75. The van der Waals surface area contributed by atoms with E-state index in [0.717, 1.165) is 105 Å². The molecule has 9 aromatic carbocycles. The highest BCUT2D eigenvalue weighted by molar-refractivity contribution is 6.17. The van der Waals surface area contributed by atoms with Crippen LogP contribution in [0.3, 0.4) is 0 Å². The SMILES string of the molecule is c1ccc(-c2cccc(-c3cc(-c4ccc(-c5nc6ccccc6c6c(-c7cccc(-c8cccc9c8oc8ccccc89)c7)cccc56)cc4)nc(-c4ccccc4)n3)c2)cc1. The molecule has 63 heavy (non-hydrogen) atoms. The number of hydrogen-bond acceptors (Lipinski definition) is 4. The molecule has 12 aromatic rings. The molecule has 0 unspecified atom stereocenters. The van der Waals surface area contributed by atoms with Gasteiger partial charge in [0.1, 0.15) is 11.2 Å². The summed E-state index contributed by atoms with van der Waals surface area (Å²) < 4.78 is 6.47. The van der Waals surface area contributed by atoms with Crippen LogP contribution >= 0.6 is 0 Å². The van der Waals surface area contributed by atoms with Gasteiger partial charge in [-0.2, -0.15) is 0 Å². The fourth-order valence-electron chi connectivity index (χ4n) is 9.04. The molecule has 0 saturated carbocycles. The Labute approximate surface area is 364 Å². The molecule has 0 atom stereocenters. The first-order valence-electron chi connectivity index (χ1n) is 21.3. The Balaban J connectivity index is 0.964. The van der Waals surface area contributed by atoms with Crippen LogP contribution < -0.4 is 0 Å². The van der Waals surface area contributed by atoms with Gasteiger partial charge in [0.05, 0.1) is 22.6 Å². The van der Waals surface area contributed by atoms with E-state index in [4.69, 9.17) is 19.4 Å². The minimum atomic E-state index is 0.686. The van der Waals surface area contributed by atoms with Crippen LogP contribution in [-0.2, 0) is 0 Å². The first-order valence-corrected chi connectivity index (χ1v) is 21.3. The first kappa shape index (κ1) is 36.4. The minimum absolute atomic E-state index is 0.686. The molecular formula is C59H37N3O. The van der Waals surface area contributed by atoms with E-state index in [9.17, 15) is 0 Å². The van der Waals surface area contributed by atoms with Crippen LogP contribution in [0.15, 0.2) is 229 Å². The molecule has 0 radical (unpaired) electrons. The van der Waals surface area contributed by atoms with Crippen molar-refractivity contribution in [2.45, 2.75) is 0 Å². The van der Waals surface area contributed by atoms with Gasteiger partial charge in [-0.25, -0.2) is 15.0 Å². The highest BCUT2D eigenvalue weighted by atomic mass is 16.3. The summed E-state index contributed by atoms with van der Waals surface area (Å²) in [6.07, 6.45) is 0. The largest absolute Gasteiger partial charge is 0.455 e. The van der Waals surface area contributed by atoms with Crippen molar-refractivity contribution < 1.29 is 4.42 Å². The summed E-state index contributed by atoms with van der Waals surface area (Å²) in [7, 11) is 0. The summed E-state index contributed by atoms with van der Waals surface area (Å²) in [6, 6.07) is 78.6. The van der Waals surface area contributed by atoms with E-state index in [1.807, 2.05) is 36.4 Å². The zero-order chi connectivity index (χ0) is 41.7. The van der Waals surface area contributed by atoms with E-state index in [1.54, 1.807) is 0 Å². The van der Waals surface area contributed by atoms with Crippen LogP contribution in [0, 0.1) is 0 Å². The van der Waals surface area contributed by atoms with E-state index in [-0.39, 0.29) is 0 Å². The van der Waals surface area contributed by atoms with Crippen molar-refractivity contribution >= 4 is 43.6 Å². The fraction of sp³-hybridized carbons (Fsp3) is 0. The molecular weight excluding hydrogens is 767 g/mol. The summed E-state index contributed by atoms with van der Waals surface area (Å²) in [5.41, 5.74) is 16.2. The number of fused-ring (bicyclic) bond motifs is 6. The molecule has 4 heteroatoms. The number of para-hydroxylation sites is 3. The van der Waals surface area contributed by atoms with Gasteiger partial charge in [0.25, 0.3) is 0 Å². The maximum atomic E-state index is 6.47. The van der Waals surface area contributed by atoms with Crippen molar-refractivity contribution in [1.82, 2.24) is 15.0 Å². The number of pyridine rings is 1. The van der Waals surface area contributed by atoms with Crippen molar-refractivity contribution in [3.63, 3.8) is 0 Å². The highest BCUT2D eigenvalue weighted by Crippen LogP contribution is 2.42. The maximum absolute atomic E-state index is 6.47. The van der Waals surface area contributed by atoms with Gasteiger partial charge in [0.2, 0.25) is 0 Å². The number of hydrogen-bond donors (Lipinski definition) is 0. The molecule has 0 aliphatic rings. The van der Waals surface area contributed by atoms with Crippen LogP contribution in [0.5, 0.6) is 0 Å². The topological polar surface area (TPSA) is 51.8 Å². The molecule has 0 aliphatic carbocycles. The second kappa shape index (κ2) is 15.2. The Bertz CT molecular complexity index is 3670. The lowest BCUT2D eigenvalue weighted by Crippen LogP contribution is -1.96. The molecule has 12 rings (SSSR count). The predicted molar refractivity (Wildman–Crippen MR) is 260 cm³/mol. The summed E-state index contributed by atoms with van der Waals surface area (Å²) >= 11 is 0. The van der Waals surface area contributed by atoms with Crippen LogP contribution in [-0.4, -0.2) is 15.0 Å². The molecule has 0 fully saturated rings. The Morgan fingerprint density at radius 1 is 0.302 bits per heavy atom. The van der Waals surface area contributed by atoms with Gasteiger partial charge in [0.15, 0.2) is 5.82 Å². The van der Waals surface area contributed by atoms with Crippen molar-refractivity contribution in [3.05, 3.63) is 224 Å². The standard InChI is InChI=1S/C59H37N3O/c1-3-15-38(16-4-1)42-19-11-22-45(35-42)54-37-53(61-59(62-54)41-17-5-2-6-18-41)39-31-33-40(34-32-39)57-51-28-13-25-46(56(51)50-24-7-9-29-52(50)60-57)43-20-12-21-44(36-43)47-26-14-27-49-48-23-8-10-30-55(48)63-58(47)49/h1-37H. The van der Waals surface area contributed by atoms with E-state index in [2.05, 4.69) is 188 Å². The molecule has 0 saturated heterocycles. The van der Waals surface area contributed by atoms with Crippen LogP contribution in [0.2, 0.25) is 0 Å². The van der Waals surface area contributed by atoms with Crippen LogP contribution in [0.1, 0.15) is 0 Å². The molecule has 3 heterocycles. The number of aromatic nitrogens is 3. The number of rotatable bonds is 7. The van der Waals surface area contributed by atoms with Crippen LogP contribution in [0.25, 0.3) is 122 Å². The Kier molecular flexibility index (Phi) is 8.79. The quantitative estimate of drug-likeness (QED) is 0.151. The number of furan rings is 1. The maximum Gasteiger partial charge on any atom is 0.160 e. The lowest BCUT2D eigenvalue weighted by molar-refractivity contribution is 0.670. The summed E-state index contributed by atoms with van der Waals surface area (Å²) in [5.74, 6) is 0.686. The van der Waals surface area contributed by atoms with Gasteiger partial charge in [-0.15, -0.1) is 0 Å². The third kappa shape index (κ3) is 6.53. The molecule has 0 spiro atoms. The summed E-state index contributed by atoms with van der Waals surface area (Å²) in [6.45, 7) is 0. The Hall–Kier alpha value is -8.47. The van der Waals surface area contributed by atoms with E-state index in [0.29, 0.717) is 5.82 Å². The molecule has 0 aliphatic heterocycles. The van der Waals surface area contributed by atoms with Gasteiger partial charge < -0.3 is 4.42 Å². The number of benzene rings is 9. The van der Waals surface area contributed by atoms with E-state index >= 15 is 0 Å². The monoisotopic (exact) mass is 803 g/mol. The minimum Gasteiger partial charge on any atom is -0.455 e. The van der Waals surface area contributed by atoms with Gasteiger partial charge in [0, 0.05) is 54.7 Å². The van der Waals surface area contributed by atoms with Crippen molar-refractivity contribution in [2.75, 3.05) is 0 Å². The third-order valence-electron chi connectivity index (χ3n) is 12.1. The third-order valence-corrected chi connectivity index (χ3v) is 12.1. The second-order valence-electron chi connectivity index (χ2n) is 15.9. The van der Waals surface area contributed by atoms with Crippen LogP contribution in [0.4, 0.5) is 0 Å². The normalized spacial score (nSPS) is 11.5. The zero-order valence-corrected chi connectivity index (χ0v) is 34.1. The van der Waals surface area contributed by atoms with E-state index in [1.165, 1.54) is 10.9 Å². The van der Waals surface area contributed by atoms with Crippen molar-refractivity contribution in [2.24, 2.45) is 0 Å². The van der Waals surface area contributed by atoms with Gasteiger partial charge in [-0.3, -0.25) is 0 Å². The molecule has 0 N–H and O–H groups in total. The lowest BCUT2D eigenvalue weighted by atomic mass is 9.91. The molecule has 4 nitrogen and oxygen atoms in total. The van der Waals surface area contributed by atoms with Crippen molar-refractivity contribution in [1.29, 1.82) is 0 Å². The van der Waals surface area contributed by atoms with Crippen molar-refractivity contribution in [3.8, 4) is 78.5 Å². The smallest absolute Gasteiger partial charge is 0.160 e. The number of nitrogens with zero attached hydrogens (tertiary/aromatic N) is 3. The predicted octanol–water partition coefficient (Wildman–Crippen LogP) is 15.7. The molecule has 3 aromatic heterocycles. The summed E-state index contributed by atoms with van der Waals surface area (Å²) in [5, 5.41) is 5.63. The second-order valence-corrected chi connectivity index (χ2v) is 15.9. The Morgan fingerprint density at radius 3 is 1.63 bits per heavy atom. The summed E-state index contributed by atoms with van der Waals surface area (Å²) in [4.78, 5) is 15.6. The molecule has 294 valence electrons. The Morgan fingerprint density at radius 2 is 0.841 bits per heavy atom. The average molecular weight is 804 g/mol. The first-order chi connectivity index (χ1) is 31.2.